The summed E-state index contributed by atoms with van der Waals surface area (Å²) in [6, 6.07) is 5.57. The fourth-order valence-electron chi connectivity index (χ4n) is 3.29. The van der Waals surface area contributed by atoms with Crippen LogP contribution >= 0.6 is 0 Å². The van der Waals surface area contributed by atoms with Gasteiger partial charge in [0.1, 0.15) is 0 Å². The van der Waals surface area contributed by atoms with Gasteiger partial charge >= 0.3 is 0 Å². The van der Waals surface area contributed by atoms with Gasteiger partial charge in [-0.2, -0.15) is 0 Å². The second-order valence-corrected chi connectivity index (χ2v) is 6.46. The third kappa shape index (κ3) is 4.10. The minimum atomic E-state index is -0.361. The number of rotatable bonds is 5. The van der Waals surface area contributed by atoms with Gasteiger partial charge in [-0.15, -0.1) is 12.8 Å². The Morgan fingerprint density at radius 3 is 2.55 bits per heavy atom. The van der Waals surface area contributed by atoms with E-state index in [0.29, 0.717) is 31.3 Å². The first-order chi connectivity index (χ1) is 14.1. The van der Waals surface area contributed by atoms with Crippen molar-refractivity contribution < 1.29 is 9.47 Å². The summed E-state index contributed by atoms with van der Waals surface area (Å²) in [5.74, 6) is 14.0. The molecule has 0 aromatic heterocycles. The van der Waals surface area contributed by atoms with Crippen LogP contribution in [0.15, 0.2) is 35.1 Å². The standard InChI is InChI=1S/C23H24N4O2/c1-6-13-25-16-19-23(26(8-3)17-25)24-22(27(19)14-7-2)12-10-18-9-11-20(28-4)21(15-18)29-5/h1-2,9,11,15-16,22H,8,13-14,17H2,3-5H3. The van der Waals surface area contributed by atoms with Crippen molar-refractivity contribution in [2.75, 3.05) is 40.5 Å². The van der Waals surface area contributed by atoms with Crippen LogP contribution < -0.4 is 9.47 Å². The van der Waals surface area contributed by atoms with Crippen LogP contribution in [0.5, 0.6) is 11.5 Å². The van der Waals surface area contributed by atoms with E-state index in [1.165, 1.54) is 0 Å². The summed E-state index contributed by atoms with van der Waals surface area (Å²) in [6.45, 7) is 4.54. The Hall–Kier alpha value is -3.69. The van der Waals surface area contributed by atoms with Crippen LogP contribution in [-0.4, -0.2) is 67.2 Å². The third-order valence-corrected chi connectivity index (χ3v) is 4.70. The molecule has 3 rings (SSSR count). The van der Waals surface area contributed by atoms with Crippen LogP contribution in [0.1, 0.15) is 12.5 Å². The van der Waals surface area contributed by atoms with Gasteiger partial charge in [-0.1, -0.05) is 17.8 Å². The molecule has 0 aliphatic carbocycles. The molecule has 6 nitrogen and oxygen atoms in total. The summed E-state index contributed by atoms with van der Waals surface area (Å²) in [4.78, 5) is 11.1. The Morgan fingerprint density at radius 1 is 1.14 bits per heavy atom. The lowest BCUT2D eigenvalue weighted by molar-refractivity contribution is 0.251. The monoisotopic (exact) mass is 388 g/mol. The molecule has 1 aromatic carbocycles. The van der Waals surface area contributed by atoms with E-state index < -0.39 is 0 Å². The predicted molar refractivity (Wildman–Crippen MR) is 114 cm³/mol. The Morgan fingerprint density at radius 2 is 1.90 bits per heavy atom. The first-order valence-electron chi connectivity index (χ1n) is 9.31. The first kappa shape index (κ1) is 20.1. The van der Waals surface area contributed by atoms with Gasteiger partial charge in [-0.25, -0.2) is 4.99 Å². The summed E-state index contributed by atoms with van der Waals surface area (Å²) in [6.07, 6.45) is 12.8. The second kappa shape index (κ2) is 9.00. The average molecular weight is 388 g/mol. The number of hydrogen-bond donors (Lipinski definition) is 0. The Labute approximate surface area is 172 Å². The van der Waals surface area contributed by atoms with Crippen molar-refractivity contribution in [1.29, 1.82) is 0 Å². The summed E-state index contributed by atoms with van der Waals surface area (Å²) in [5, 5.41) is 0. The molecular formula is C23H24N4O2. The molecule has 6 heteroatoms. The molecule has 2 heterocycles. The number of aliphatic imine (C=N–C) groups is 1. The number of likely N-dealkylation sites (N-methyl/N-ethyl adjacent to an activating group) is 1. The third-order valence-electron chi connectivity index (χ3n) is 4.70. The SMILES string of the molecule is C#CCN1C=C2C(=NC(C#Cc3ccc(OC)c(OC)c3)N2CC#C)N(CC)C1. The van der Waals surface area contributed by atoms with E-state index in [2.05, 4.69) is 40.4 Å². The number of nitrogens with zero attached hydrogens (tertiary/aromatic N) is 4. The topological polar surface area (TPSA) is 40.5 Å². The van der Waals surface area contributed by atoms with E-state index in [1.807, 2.05) is 29.3 Å². The maximum absolute atomic E-state index is 5.62. The average Bonchev–Trinajstić information content (AvgIpc) is 3.09. The van der Waals surface area contributed by atoms with Crippen molar-refractivity contribution >= 4 is 5.84 Å². The fourth-order valence-corrected chi connectivity index (χ4v) is 3.29. The molecule has 0 saturated heterocycles. The zero-order chi connectivity index (χ0) is 20.8. The molecule has 0 amide bonds. The summed E-state index contributed by atoms with van der Waals surface area (Å²) in [7, 11) is 3.21. The molecule has 0 bridgehead atoms. The van der Waals surface area contributed by atoms with Gasteiger partial charge in [-0.05, 0) is 31.0 Å². The van der Waals surface area contributed by atoms with Crippen LogP contribution in [0.25, 0.3) is 0 Å². The van der Waals surface area contributed by atoms with Crippen molar-refractivity contribution in [3.8, 4) is 48.0 Å². The van der Waals surface area contributed by atoms with E-state index in [0.717, 1.165) is 23.6 Å². The highest BCUT2D eigenvalue weighted by atomic mass is 16.5. The quantitative estimate of drug-likeness (QED) is 0.720. The van der Waals surface area contributed by atoms with Crippen LogP contribution in [0.4, 0.5) is 0 Å². The molecule has 2 aliphatic rings. The van der Waals surface area contributed by atoms with Gasteiger partial charge in [-0.3, -0.25) is 0 Å². The number of fused-ring (bicyclic) bond motifs is 1. The highest BCUT2D eigenvalue weighted by Gasteiger charge is 2.35. The molecule has 0 N–H and O–H groups in total. The molecular weight excluding hydrogens is 364 g/mol. The summed E-state index contributed by atoms with van der Waals surface area (Å²) >= 11 is 0. The number of terminal acetylenes is 2. The van der Waals surface area contributed by atoms with E-state index in [-0.39, 0.29) is 6.17 Å². The normalized spacial score (nSPS) is 17.3. The minimum Gasteiger partial charge on any atom is -0.493 e. The molecule has 1 unspecified atom stereocenters. The molecule has 0 saturated carbocycles. The van der Waals surface area contributed by atoms with Crippen LogP contribution in [0.2, 0.25) is 0 Å². The largest absolute Gasteiger partial charge is 0.493 e. The van der Waals surface area contributed by atoms with Crippen molar-refractivity contribution in [3.63, 3.8) is 0 Å². The zero-order valence-corrected chi connectivity index (χ0v) is 17.0. The summed E-state index contributed by atoms with van der Waals surface area (Å²) in [5.41, 5.74) is 1.77. The van der Waals surface area contributed by atoms with Crippen molar-refractivity contribution in [2.24, 2.45) is 4.99 Å². The Balaban J connectivity index is 1.94. The van der Waals surface area contributed by atoms with Crippen LogP contribution in [0, 0.1) is 36.5 Å². The zero-order valence-electron chi connectivity index (χ0n) is 17.0. The highest BCUT2D eigenvalue weighted by Crippen LogP contribution is 2.28. The second-order valence-electron chi connectivity index (χ2n) is 6.46. The lowest BCUT2D eigenvalue weighted by atomic mass is 10.2. The van der Waals surface area contributed by atoms with E-state index in [4.69, 9.17) is 27.3 Å². The molecule has 148 valence electrons. The number of hydrogen-bond acceptors (Lipinski definition) is 6. The first-order valence-corrected chi connectivity index (χ1v) is 9.31. The van der Waals surface area contributed by atoms with E-state index in [1.54, 1.807) is 14.2 Å². The van der Waals surface area contributed by atoms with Crippen molar-refractivity contribution in [2.45, 2.75) is 13.1 Å². The molecule has 0 radical (unpaired) electrons. The minimum absolute atomic E-state index is 0.361. The molecule has 2 aliphatic heterocycles. The molecule has 0 spiro atoms. The van der Waals surface area contributed by atoms with Crippen molar-refractivity contribution in [1.82, 2.24) is 14.7 Å². The maximum Gasteiger partial charge on any atom is 0.187 e. The fraction of sp³-hybridized carbons (Fsp3) is 0.348. The Kier molecular flexibility index (Phi) is 6.22. The van der Waals surface area contributed by atoms with E-state index in [9.17, 15) is 0 Å². The van der Waals surface area contributed by atoms with Crippen LogP contribution in [0.3, 0.4) is 0 Å². The summed E-state index contributed by atoms with van der Waals surface area (Å²) < 4.78 is 10.6. The molecule has 1 aromatic rings. The highest BCUT2D eigenvalue weighted by molar-refractivity contribution is 6.00. The van der Waals surface area contributed by atoms with Crippen LogP contribution in [-0.2, 0) is 0 Å². The predicted octanol–water partition coefficient (Wildman–Crippen LogP) is 1.80. The number of ether oxygens (including phenoxy) is 2. The van der Waals surface area contributed by atoms with Gasteiger partial charge in [0.2, 0.25) is 0 Å². The van der Waals surface area contributed by atoms with Gasteiger partial charge in [0, 0.05) is 18.3 Å². The number of methoxy groups -OCH3 is 2. The lowest BCUT2D eigenvalue weighted by Gasteiger charge is -2.36. The van der Waals surface area contributed by atoms with Gasteiger partial charge < -0.3 is 24.2 Å². The number of amidine groups is 1. The smallest absolute Gasteiger partial charge is 0.187 e. The Bertz CT molecular complexity index is 971. The molecule has 29 heavy (non-hydrogen) atoms. The van der Waals surface area contributed by atoms with Gasteiger partial charge in [0.25, 0.3) is 0 Å². The maximum atomic E-state index is 5.62. The van der Waals surface area contributed by atoms with Gasteiger partial charge in [0.05, 0.1) is 39.7 Å². The molecule has 1 atom stereocenters. The lowest BCUT2D eigenvalue weighted by Crippen LogP contribution is -2.46. The number of benzene rings is 1. The molecule has 0 fully saturated rings. The van der Waals surface area contributed by atoms with Crippen molar-refractivity contribution in [3.05, 3.63) is 35.7 Å². The van der Waals surface area contributed by atoms with Gasteiger partial charge in [0.15, 0.2) is 23.5 Å². The van der Waals surface area contributed by atoms with E-state index >= 15 is 0 Å².